The maximum absolute atomic E-state index is 13.0. The summed E-state index contributed by atoms with van der Waals surface area (Å²) < 4.78 is 0. The highest BCUT2D eigenvalue weighted by atomic mass is 16.2. The molecule has 2 rings (SSSR count). The van der Waals surface area contributed by atoms with Gasteiger partial charge < -0.3 is 10.2 Å². The van der Waals surface area contributed by atoms with Gasteiger partial charge in [-0.25, -0.2) is 0 Å². The highest BCUT2D eigenvalue weighted by molar-refractivity contribution is 6.00. The molecule has 2 fully saturated rings. The molecule has 1 aliphatic carbocycles. The molecule has 0 aromatic carbocycles. The SMILES string of the molecule is CCC1(CC)NC(=O)C(C(C)C)N(C2CC(C)C2)C1=O. The Labute approximate surface area is 122 Å². The average molecular weight is 280 g/mol. The van der Waals surface area contributed by atoms with Gasteiger partial charge in [-0.05, 0) is 37.5 Å². The van der Waals surface area contributed by atoms with E-state index in [9.17, 15) is 9.59 Å². The Morgan fingerprint density at radius 3 is 2.20 bits per heavy atom. The van der Waals surface area contributed by atoms with Crippen molar-refractivity contribution in [1.29, 1.82) is 0 Å². The lowest BCUT2D eigenvalue weighted by Gasteiger charge is -2.53. The Bertz CT molecular complexity index is 395. The van der Waals surface area contributed by atoms with Gasteiger partial charge in [-0.3, -0.25) is 9.59 Å². The Balaban J connectivity index is 2.34. The van der Waals surface area contributed by atoms with Crippen molar-refractivity contribution in [3.05, 3.63) is 0 Å². The number of hydrogen-bond acceptors (Lipinski definition) is 2. The summed E-state index contributed by atoms with van der Waals surface area (Å²) in [7, 11) is 0. The third kappa shape index (κ3) is 2.23. The lowest BCUT2D eigenvalue weighted by atomic mass is 9.76. The van der Waals surface area contributed by atoms with Gasteiger partial charge in [0.15, 0.2) is 0 Å². The molecule has 1 saturated carbocycles. The number of nitrogens with one attached hydrogen (secondary N) is 1. The zero-order chi connectivity index (χ0) is 15.1. The summed E-state index contributed by atoms with van der Waals surface area (Å²) >= 11 is 0. The Morgan fingerprint density at radius 2 is 1.80 bits per heavy atom. The van der Waals surface area contributed by atoms with Crippen molar-refractivity contribution in [2.45, 2.75) is 77.9 Å². The van der Waals surface area contributed by atoms with Gasteiger partial charge in [-0.2, -0.15) is 0 Å². The van der Waals surface area contributed by atoms with E-state index in [2.05, 4.69) is 12.2 Å². The van der Waals surface area contributed by atoms with Crippen molar-refractivity contribution in [3.8, 4) is 0 Å². The quantitative estimate of drug-likeness (QED) is 0.859. The third-order valence-corrected chi connectivity index (χ3v) is 5.16. The van der Waals surface area contributed by atoms with Crippen molar-refractivity contribution in [3.63, 3.8) is 0 Å². The molecule has 1 atom stereocenters. The van der Waals surface area contributed by atoms with Crippen LogP contribution < -0.4 is 5.32 Å². The molecule has 1 saturated heterocycles. The molecule has 1 heterocycles. The van der Waals surface area contributed by atoms with Gasteiger partial charge in [0.25, 0.3) is 0 Å². The fourth-order valence-corrected chi connectivity index (χ4v) is 3.70. The lowest BCUT2D eigenvalue weighted by Crippen LogP contribution is -2.73. The monoisotopic (exact) mass is 280 g/mol. The molecule has 0 aromatic heterocycles. The third-order valence-electron chi connectivity index (χ3n) is 5.16. The molecular formula is C16H28N2O2. The van der Waals surface area contributed by atoms with Crippen LogP contribution in [0.25, 0.3) is 0 Å². The van der Waals surface area contributed by atoms with Gasteiger partial charge >= 0.3 is 0 Å². The molecule has 0 radical (unpaired) electrons. The van der Waals surface area contributed by atoms with Crippen LogP contribution in [0.15, 0.2) is 0 Å². The minimum Gasteiger partial charge on any atom is -0.340 e. The van der Waals surface area contributed by atoms with E-state index in [0.717, 1.165) is 12.8 Å². The number of rotatable bonds is 4. The standard InChI is InChI=1S/C16H28N2O2/c1-6-16(7-2)15(20)18(12-8-11(5)9-12)13(10(3)4)14(19)17-16/h10-13H,6-9H2,1-5H3,(H,17,19). The zero-order valence-corrected chi connectivity index (χ0v) is 13.4. The molecular weight excluding hydrogens is 252 g/mol. The second kappa shape index (κ2) is 5.38. The van der Waals surface area contributed by atoms with E-state index in [0.29, 0.717) is 18.8 Å². The summed E-state index contributed by atoms with van der Waals surface area (Å²) in [5.41, 5.74) is -0.679. The van der Waals surface area contributed by atoms with E-state index in [1.807, 2.05) is 32.6 Å². The Kier molecular flexibility index (Phi) is 4.12. The van der Waals surface area contributed by atoms with Gasteiger partial charge in [0.1, 0.15) is 11.6 Å². The first-order valence-corrected chi connectivity index (χ1v) is 8.01. The van der Waals surface area contributed by atoms with Crippen LogP contribution in [0.5, 0.6) is 0 Å². The Hall–Kier alpha value is -1.06. The van der Waals surface area contributed by atoms with Gasteiger partial charge in [0, 0.05) is 6.04 Å². The molecule has 0 spiro atoms. The zero-order valence-electron chi connectivity index (χ0n) is 13.4. The number of carbonyl (C=O) groups excluding carboxylic acids is 2. The fourth-order valence-electron chi connectivity index (χ4n) is 3.70. The van der Waals surface area contributed by atoms with Crippen LogP contribution >= 0.6 is 0 Å². The first-order valence-electron chi connectivity index (χ1n) is 8.01. The second-order valence-electron chi connectivity index (χ2n) is 6.91. The molecule has 2 aliphatic rings. The first kappa shape index (κ1) is 15.3. The molecule has 1 N–H and O–H groups in total. The van der Waals surface area contributed by atoms with Gasteiger partial charge in [0.2, 0.25) is 11.8 Å². The summed E-state index contributed by atoms with van der Waals surface area (Å²) in [6, 6.07) is -0.0420. The summed E-state index contributed by atoms with van der Waals surface area (Å²) in [5, 5.41) is 3.02. The molecule has 114 valence electrons. The Morgan fingerprint density at radius 1 is 1.25 bits per heavy atom. The summed E-state index contributed by atoms with van der Waals surface area (Å²) in [4.78, 5) is 27.5. The summed E-state index contributed by atoms with van der Waals surface area (Å²) in [5.74, 6) is 0.991. The maximum atomic E-state index is 13.0. The van der Waals surface area contributed by atoms with Gasteiger partial charge in [0.05, 0.1) is 0 Å². The van der Waals surface area contributed by atoms with E-state index in [1.54, 1.807) is 0 Å². The topological polar surface area (TPSA) is 49.4 Å². The molecule has 0 bridgehead atoms. The summed E-state index contributed by atoms with van der Waals surface area (Å²) in [6.45, 7) is 10.2. The molecule has 4 nitrogen and oxygen atoms in total. The highest BCUT2D eigenvalue weighted by Gasteiger charge is 2.53. The van der Waals surface area contributed by atoms with Gasteiger partial charge in [-0.15, -0.1) is 0 Å². The van der Waals surface area contributed by atoms with E-state index in [1.165, 1.54) is 0 Å². The van der Waals surface area contributed by atoms with Crippen LogP contribution in [0.1, 0.15) is 60.3 Å². The number of nitrogens with zero attached hydrogens (tertiary/aromatic N) is 1. The molecule has 20 heavy (non-hydrogen) atoms. The van der Waals surface area contributed by atoms with Crippen LogP contribution in [-0.4, -0.2) is 34.3 Å². The van der Waals surface area contributed by atoms with Crippen LogP contribution in [0.3, 0.4) is 0 Å². The molecule has 1 unspecified atom stereocenters. The predicted octanol–water partition coefficient (Wildman–Crippen LogP) is 2.33. The predicted molar refractivity (Wildman–Crippen MR) is 79.1 cm³/mol. The number of amides is 2. The molecule has 1 aliphatic heterocycles. The van der Waals surface area contributed by atoms with Crippen molar-refractivity contribution >= 4 is 11.8 Å². The van der Waals surface area contributed by atoms with Crippen molar-refractivity contribution in [1.82, 2.24) is 10.2 Å². The van der Waals surface area contributed by atoms with E-state index in [-0.39, 0.29) is 29.8 Å². The number of piperazine rings is 1. The number of carbonyl (C=O) groups is 2. The lowest BCUT2D eigenvalue weighted by molar-refractivity contribution is -0.164. The molecule has 2 amide bonds. The van der Waals surface area contributed by atoms with Crippen molar-refractivity contribution in [2.75, 3.05) is 0 Å². The fraction of sp³-hybridized carbons (Fsp3) is 0.875. The minimum absolute atomic E-state index is 0.0304. The molecule has 4 heteroatoms. The average Bonchev–Trinajstić information content (AvgIpc) is 2.37. The van der Waals surface area contributed by atoms with E-state index >= 15 is 0 Å². The van der Waals surface area contributed by atoms with Crippen LogP contribution in [0, 0.1) is 11.8 Å². The van der Waals surface area contributed by atoms with Crippen molar-refractivity contribution in [2.24, 2.45) is 11.8 Å². The highest BCUT2D eigenvalue weighted by Crippen LogP contribution is 2.38. The van der Waals surface area contributed by atoms with Crippen LogP contribution in [-0.2, 0) is 9.59 Å². The van der Waals surface area contributed by atoms with Crippen LogP contribution in [0.4, 0.5) is 0 Å². The molecule has 0 aromatic rings. The van der Waals surface area contributed by atoms with Crippen LogP contribution in [0.2, 0.25) is 0 Å². The normalized spacial score (nSPS) is 33.1. The van der Waals surface area contributed by atoms with E-state index < -0.39 is 5.54 Å². The largest absolute Gasteiger partial charge is 0.340 e. The second-order valence-corrected chi connectivity index (χ2v) is 6.91. The summed E-state index contributed by atoms with van der Waals surface area (Å²) in [6.07, 6.45) is 3.40. The minimum atomic E-state index is -0.679. The van der Waals surface area contributed by atoms with Crippen molar-refractivity contribution < 1.29 is 9.59 Å². The smallest absolute Gasteiger partial charge is 0.249 e. The van der Waals surface area contributed by atoms with Gasteiger partial charge in [-0.1, -0.05) is 34.6 Å². The number of hydrogen-bond donors (Lipinski definition) is 1. The first-order chi connectivity index (χ1) is 9.36. The van der Waals surface area contributed by atoms with E-state index in [4.69, 9.17) is 0 Å². The maximum Gasteiger partial charge on any atom is 0.249 e.